The first-order valence-electron chi connectivity index (χ1n) is 6.63. The predicted molar refractivity (Wildman–Crippen MR) is 70.7 cm³/mol. The summed E-state index contributed by atoms with van der Waals surface area (Å²) < 4.78 is 4.77. The van der Waals surface area contributed by atoms with Crippen molar-refractivity contribution in [3.05, 3.63) is 29.6 Å². The number of nitrogens with zero attached hydrogens (tertiary/aromatic N) is 2. The summed E-state index contributed by atoms with van der Waals surface area (Å²) in [7, 11) is 1.37. The fourth-order valence-corrected chi connectivity index (χ4v) is 2.53. The molecule has 1 atom stereocenters. The van der Waals surface area contributed by atoms with E-state index in [4.69, 9.17) is 4.74 Å². The predicted octanol–water partition coefficient (Wildman–Crippen LogP) is 1.22. The number of methoxy groups -OCH3 is 1. The van der Waals surface area contributed by atoms with Crippen molar-refractivity contribution < 1.29 is 14.6 Å². The fourth-order valence-electron chi connectivity index (χ4n) is 2.53. The maximum atomic E-state index is 11.7. The van der Waals surface area contributed by atoms with Crippen LogP contribution in [-0.2, 0) is 11.3 Å². The molecule has 0 bridgehead atoms. The third-order valence-electron chi connectivity index (χ3n) is 3.61. The van der Waals surface area contributed by atoms with Gasteiger partial charge in [0, 0.05) is 18.8 Å². The third kappa shape index (κ3) is 3.30. The highest BCUT2D eigenvalue weighted by Gasteiger charge is 2.24. The van der Waals surface area contributed by atoms with Crippen molar-refractivity contribution in [1.82, 2.24) is 9.88 Å². The molecule has 0 saturated carbocycles. The minimum atomic E-state index is -0.361. The quantitative estimate of drug-likeness (QED) is 0.828. The number of aliphatic hydroxyl groups excluding tert-OH is 1. The van der Waals surface area contributed by atoms with Gasteiger partial charge in [0.25, 0.3) is 0 Å². The summed E-state index contributed by atoms with van der Waals surface area (Å²) >= 11 is 0. The molecular formula is C14H20N2O3. The number of piperidine rings is 1. The van der Waals surface area contributed by atoms with Gasteiger partial charge >= 0.3 is 5.97 Å². The van der Waals surface area contributed by atoms with E-state index in [2.05, 4.69) is 9.88 Å². The monoisotopic (exact) mass is 264 g/mol. The van der Waals surface area contributed by atoms with Crippen LogP contribution in [-0.4, -0.2) is 47.3 Å². The lowest BCUT2D eigenvalue weighted by Gasteiger charge is -2.34. The molecule has 1 N–H and O–H groups in total. The zero-order chi connectivity index (χ0) is 13.7. The highest BCUT2D eigenvalue weighted by atomic mass is 16.5. The molecule has 1 aliphatic rings. The highest BCUT2D eigenvalue weighted by molar-refractivity contribution is 5.90. The van der Waals surface area contributed by atoms with E-state index in [1.165, 1.54) is 7.11 Å². The van der Waals surface area contributed by atoms with Gasteiger partial charge in [-0.25, -0.2) is 4.79 Å². The molecule has 1 aromatic heterocycles. The van der Waals surface area contributed by atoms with Crippen LogP contribution < -0.4 is 0 Å². The summed E-state index contributed by atoms with van der Waals surface area (Å²) in [4.78, 5) is 18.2. The van der Waals surface area contributed by atoms with Crippen molar-refractivity contribution in [2.24, 2.45) is 0 Å². The Balaban J connectivity index is 2.15. The van der Waals surface area contributed by atoms with Gasteiger partial charge in [0.1, 0.15) is 0 Å². The number of rotatable bonds is 4. The van der Waals surface area contributed by atoms with Crippen LogP contribution >= 0.6 is 0 Å². The summed E-state index contributed by atoms with van der Waals surface area (Å²) in [6.45, 7) is 1.67. The van der Waals surface area contributed by atoms with Gasteiger partial charge in [-0.3, -0.25) is 9.88 Å². The lowest BCUT2D eigenvalue weighted by molar-refractivity contribution is 0.0590. The number of aliphatic hydroxyl groups is 1. The van der Waals surface area contributed by atoms with Crippen molar-refractivity contribution in [2.75, 3.05) is 20.3 Å². The molecule has 1 aliphatic heterocycles. The summed E-state index contributed by atoms with van der Waals surface area (Å²) in [6.07, 6.45) is 4.95. The van der Waals surface area contributed by atoms with E-state index in [0.717, 1.165) is 31.5 Å². The van der Waals surface area contributed by atoms with E-state index in [9.17, 15) is 9.90 Å². The molecule has 1 fully saturated rings. The second-order valence-electron chi connectivity index (χ2n) is 4.79. The number of aromatic nitrogens is 1. The normalized spacial score (nSPS) is 20.2. The van der Waals surface area contributed by atoms with Crippen LogP contribution in [0.3, 0.4) is 0 Å². The van der Waals surface area contributed by atoms with E-state index < -0.39 is 0 Å². The second-order valence-corrected chi connectivity index (χ2v) is 4.79. The van der Waals surface area contributed by atoms with E-state index in [1.54, 1.807) is 18.3 Å². The van der Waals surface area contributed by atoms with Gasteiger partial charge in [-0.2, -0.15) is 0 Å². The topological polar surface area (TPSA) is 62.7 Å². The van der Waals surface area contributed by atoms with Gasteiger partial charge in [-0.1, -0.05) is 6.42 Å². The molecule has 0 radical (unpaired) electrons. The van der Waals surface area contributed by atoms with Gasteiger partial charge in [0.05, 0.1) is 25.0 Å². The zero-order valence-electron chi connectivity index (χ0n) is 11.2. The number of esters is 1. The van der Waals surface area contributed by atoms with Crippen LogP contribution in [0.5, 0.6) is 0 Å². The number of hydrogen-bond donors (Lipinski definition) is 1. The van der Waals surface area contributed by atoms with Crippen molar-refractivity contribution in [2.45, 2.75) is 31.8 Å². The molecule has 0 aromatic carbocycles. The van der Waals surface area contributed by atoms with Crippen LogP contribution in [0.25, 0.3) is 0 Å². The Labute approximate surface area is 113 Å². The zero-order valence-corrected chi connectivity index (χ0v) is 11.2. The van der Waals surface area contributed by atoms with Gasteiger partial charge in [0.15, 0.2) is 0 Å². The van der Waals surface area contributed by atoms with Crippen LogP contribution in [0.1, 0.15) is 35.3 Å². The summed E-state index contributed by atoms with van der Waals surface area (Å²) in [6, 6.07) is 3.63. The molecule has 0 aliphatic carbocycles. The summed E-state index contributed by atoms with van der Waals surface area (Å²) in [5, 5.41) is 9.41. The van der Waals surface area contributed by atoms with Crippen LogP contribution in [0.2, 0.25) is 0 Å². The van der Waals surface area contributed by atoms with Gasteiger partial charge < -0.3 is 9.84 Å². The first-order chi connectivity index (χ1) is 9.26. The van der Waals surface area contributed by atoms with Crippen molar-refractivity contribution >= 4 is 5.97 Å². The third-order valence-corrected chi connectivity index (χ3v) is 3.61. The Kier molecular flexibility index (Phi) is 4.87. The largest absolute Gasteiger partial charge is 0.465 e. The molecule has 5 heteroatoms. The Morgan fingerprint density at radius 2 is 2.42 bits per heavy atom. The van der Waals surface area contributed by atoms with Crippen LogP contribution in [0.4, 0.5) is 0 Å². The molecule has 5 nitrogen and oxygen atoms in total. The first-order valence-corrected chi connectivity index (χ1v) is 6.63. The molecule has 0 amide bonds. The number of hydrogen-bond acceptors (Lipinski definition) is 5. The van der Waals surface area contributed by atoms with Gasteiger partial charge in [-0.15, -0.1) is 0 Å². The molecule has 1 saturated heterocycles. The number of carbonyl (C=O) groups excluding carboxylic acids is 1. The summed E-state index contributed by atoms with van der Waals surface area (Å²) in [5.74, 6) is -0.361. The second kappa shape index (κ2) is 6.63. The lowest BCUT2D eigenvalue weighted by Crippen LogP contribution is -2.41. The average Bonchev–Trinajstić information content (AvgIpc) is 2.47. The van der Waals surface area contributed by atoms with E-state index in [-0.39, 0.29) is 18.6 Å². The minimum Gasteiger partial charge on any atom is -0.465 e. The molecular weight excluding hydrogens is 244 g/mol. The Morgan fingerprint density at radius 1 is 1.58 bits per heavy atom. The minimum absolute atomic E-state index is 0.153. The molecule has 2 rings (SSSR count). The first kappa shape index (κ1) is 14.0. The fraction of sp³-hybridized carbons (Fsp3) is 0.571. The standard InChI is InChI=1S/C14H20N2O3/c1-19-14(18)12-6-4-7-15-13(12)9-16-8-3-2-5-11(16)10-17/h4,6-7,11,17H,2-3,5,8-10H2,1H3. The van der Waals surface area contributed by atoms with Crippen LogP contribution in [0, 0.1) is 0 Å². The van der Waals surface area contributed by atoms with Crippen molar-refractivity contribution in [3.8, 4) is 0 Å². The number of likely N-dealkylation sites (tertiary alicyclic amines) is 1. The SMILES string of the molecule is COC(=O)c1cccnc1CN1CCCCC1CO. The van der Waals surface area contributed by atoms with E-state index in [0.29, 0.717) is 12.1 Å². The van der Waals surface area contributed by atoms with Crippen molar-refractivity contribution in [1.29, 1.82) is 0 Å². The lowest BCUT2D eigenvalue weighted by atomic mass is 10.0. The van der Waals surface area contributed by atoms with Crippen molar-refractivity contribution in [3.63, 3.8) is 0 Å². The maximum Gasteiger partial charge on any atom is 0.339 e. The molecule has 2 heterocycles. The van der Waals surface area contributed by atoms with E-state index >= 15 is 0 Å². The smallest absolute Gasteiger partial charge is 0.339 e. The number of carbonyl (C=O) groups is 1. The van der Waals surface area contributed by atoms with Gasteiger partial charge in [-0.05, 0) is 31.5 Å². The molecule has 104 valence electrons. The number of pyridine rings is 1. The Morgan fingerprint density at radius 3 is 3.16 bits per heavy atom. The van der Waals surface area contributed by atoms with Crippen LogP contribution in [0.15, 0.2) is 18.3 Å². The maximum absolute atomic E-state index is 11.7. The Hall–Kier alpha value is -1.46. The molecule has 19 heavy (non-hydrogen) atoms. The molecule has 1 aromatic rings. The summed E-state index contributed by atoms with van der Waals surface area (Å²) in [5.41, 5.74) is 1.22. The Bertz CT molecular complexity index is 436. The average molecular weight is 264 g/mol. The number of ether oxygens (including phenoxy) is 1. The molecule has 1 unspecified atom stereocenters. The van der Waals surface area contributed by atoms with E-state index in [1.807, 2.05) is 0 Å². The molecule has 0 spiro atoms. The van der Waals surface area contributed by atoms with Gasteiger partial charge in [0.2, 0.25) is 0 Å². The highest BCUT2D eigenvalue weighted by Crippen LogP contribution is 2.20.